The monoisotopic (exact) mass is 447 g/mol. The van der Waals surface area contributed by atoms with Crippen LogP contribution in [0.15, 0.2) is 76.7 Å². The Kier molecular flexibility index (Phi) is 5.19. The summed E-state index contributed by atoms with van der Waals surface area (Å²) in [5.41, 5.74) is 2.48. The lowest BCUT2D eigenvalue weighted by Crippen LogP contribution is -2.32. The van der Waals surface area contributed by atoms with Gasteiger partial charge in [-0.25, -0.2) is 9.67 Å². The summed E-state index contributed by atoms with van der Waals surface area (Å²) in [7, 11) is 0. The number of thiophene rings is 2. The number of benzene rings is 1. The van der Waals surface area contributed by atoms with E-state index < -0.39 is 0 Å². The molecular formula is C22H17N5O2S2. The van der Waals surface area contributed by atoms with Gasteiger partial charge in [0, 0.05) is 34.1 Å². The summed E-state index contributed by atoms with van der Waals surface area (Å²) < 4.78 is 3.11. The Labute approximate surface area is 185 Å². The van der Waals surface area contributed by atoms with E-state index in [1.54, 1.807) is 22.2 Å². The van der Waals surface area contributed by atoms with Gasteiger partial charge in [0.1, 0.15) is 11.4 Å². The van der Waals surface area contributed by atoms with E-state index in [1.807, 2.05) is 59.4 Å². The second kappa shape index (κ2) is 8.29. The van der Waals surface area contributed by atoms with Gasteiger partial charge in [-0.05, 0) is 23.6 Å². The fourth-order valence-electron chi connectivity index (χ4n) is 3.28. The highest BCUT2D eigenvalue weighted by Gasteiger charge is 2.15. The Hall–Kier alpha value is -3.56. The zero-order valence-electron chi connectivity index (χ0n) is 16.3. The molecule has 0 bridgehead atoms. The minimum atomic E-state index is -0.261. The lowest BCUT2D eigenvalue weighted by Gasteiger charge is -2.07. The van der Waals surface area contributed by atoms with Crippen LogP contribution >= 0.6 is 22.7 Å². The fraction of sp³-hybridized carbons (Fsp3) is 0.0909. The summed E-state index contributed by atoms with van der Waals surface area (Å²) in [5.74, 6) is -0.261. The Balaban J connectivity index is 1.30. The summed E-state index contributed by atoms with van der Waals surface area (Å²) >= 11 is 3.01. The van der Waals surface area contributed by atoms with Crippen LogP contribution in [0.1, 0.15) is 5.56 Å². The lowest BCUT2D eigenvalue weighted by molar-refractivity contribution is -0.121. The normalized spacial score (nSPS) is 11.1. The largest absolute Gasteiger partial charge is 0.350 e. The van der Waals surface area contributed by atoms with E-state index in [0.717, 1.165) is 21.7 Å². The fourth-order valence-corrected chi connectivity index (χ4v) is 5.00. The number of hydrogen-bond acceptors (Lipinski definition) is 6. The Morgan fingerprint density at radius 3 is 2.77 bits per heavy atom. The first-order valence-electron chi connectivity index (χ1n) is 9.55. The molecule has 0 aliphatic heterocycles. The smallest absolute Gasteiger partial charge is 0.263 e. The Morgan fingerprint density at radius 2 is 1.97 bits per heavy atom. The number of aromatic nitrogens is 4. The molecule has 4 heterocycles. The highest BCUT2D eigenvalue weighted by atomic mass is 32.1. The van der Waals surface area contributed by atoms with Gasteiger partial charge < -0.3 is 5.32 Å². The SMILES string of the molecule is O=C(Cn1cnc2scc(-c3cccs3)c2c1=O)NCc1cnn(-c2ccccc2)c1. The molecule has 0 atom stereocenters. The van der Waals surface area contributed by atoms with Crippen molar-refractivity contribution in [2.24, 2.45) is 0 Å². The zero-order valence-corrected chi connectivity index (χ0v) is 17.9. The minimum absolute atomic E-state index is 0.0890. The third kappa shape index (κ3) is 3.92. The van der Waals surface area contributed by atoms with E-state index in [1.165, 1.54) is 22.2 Å². The molecule has 0 spiro atoms. The van der Waals surface area contributed by atoms with Crippen LogP contribution in [0, 0.1) is 0 Å². The highest BCUT2D eigenvalue weighted by Crippen LogP contribution is 2.33. The van der Waals surface area contributed by atoms with Crippen LogP contribution in [0.2, 0.25) is 0 Å². The third-order valence-corrected chi connectivity index (χ3v) is 6.60. The van der Waals surface area contributed by atoms with Gasteiger partial charge in [0.2, 0.25) is 5.91 Å². The summed E-state index contributed by atoms with van der Waals surface area (Å²) in [5, 5.41) is 11.7. The number of rotatable bonds is 6. The molecule has 31 heavy (non-hydrogen) atoms. The predicted molar refractivity (Wildman–Crippen MR) is 123 cm³/mol. The molecule has 5 rings (SSSR count). The van der Waals surface area contributed by atoms with Crippen molar-refractivity contribution < 1.29 is 4.79 Å². The van der Waals surface area contributed by atoms with Crippen molar-refractivity contribution in [1.82, 2.24) is 24.6 Å². The van der Waals surface area contributed by atoms with Crippen molar-refractivity contribution >= 4 is 38.8 Å². The number of nitrogens with zero attached hydrogens (tertiary/aromatic N) is 4. The number of para-hydroxylation sites is 1. The van der Waals surface area contributed by atoms with Gasteiger partial charge >= 0.3 is 0 Å². The molecule has 0 aliphatic carbocycles. The first-order valence-corrected chi connectivity index (χ1v) is 11.3. The van der Waals surface area contributed by atoms with Gasteiger partial charge in [-0.2, -0.15) is 5.10 Å². The van der Waals surface area contributed by atoms with E-state index in [-0.39, 0.29) is 18.0 Å². The predicted octanol–water partition coefficient (Wildman–Crippen LogP) is 3.69. The molecule has 1 N–H and O–H groups in total. The summed E-state index contributed by atoms with van der Waals surface area (Å²) in [4.78, 5) is 31.6. The third-order valence-electron chi connectivity index (χ3n) is 4.81. The number of amides is 1. The van der Waals surface area contributed by atoms with E-state index in [4.69, 9.17) is 0 Å². The summed E-state index contributed by atoms with van der Waals surface area (Å²) in [6.07, 6.45) is 5.02. The second-order valence-electron chi connectivity index (χ2n) is 6.89. The molecule has 5 aromatic rings. The molecule has 0 radical (unpaired) electrons. The second-order valence-corrected chi connectivity index (χ2v) is 8.70. The first-order chi connectivity index (χ1) is 15.2. The molecule has 1 aromatic carbocycles. The van der Waals surface area contributed by atoms with E-state index >= 15 is 0 Å². The molecule has 0 saturated carbocycles. The van der Waals surface area contributed by atoms with Crippen molar-refractivity contribution in [2.45, 2.75) is 13.1 Å². The average Bonchev–Trinajstić information content (AvgIpc) is 3.55. The first kappa shape index (κ1) is 19.4. The van der Waals surface area contributed by atoms with E-state index in [2.05, 4.69) is 15.4 Å². The van der Waals surface area contributed by atoms with Crippen molar-refractivity contribution in [3.8, 4) is 16.1 Å². The number of carbonyl (C=O) groups excluding carboxylic acids is 1. The number of hydrogen-bond donors (Lipinski definition) is 1. The molecule has 0 aliphatic rings. The molecule has 0 unspecified atom stereocenters. The van der Waals surface area contributed by atoms with Gasteiger partial charge in [0.15, 0.2) is 0 Å². The van der Waals surface area contributed by atoms with Crippen LogP contribution in [0.3, 0.4) is 0 Å². The topological polar surface area (TPSA) is 81.8 Å². The van der Waals surface area contributed by atoms with Gasteiger partial charge in [0.25, 0.3) is 5.56 Å². The molecule has 1 amide bonds. The van der Waals surface area contributed by atoms with Gasteiger partial charge in [-0.15, -0.1) is 22.7 Å². The zero-order chi connectivity index (χ0) is 21.2. The van der Waals surface area contributed by atoms with Crippen LogP contribution < -0.4 is 10.9 Å². The maximum absolute atomic E-state index is 13.0. The van der Waals surface area contributed by atoms with Gasteiger partial charge in [-0.3, -0.25) is 14.2 Å². The maximum atomic E-state index is 13.0. The minimum Gasteiger partial charge on any atom is -0.350 e. The van der Waals surface area contributed by atoms with Gasteiger partial charge in [-0.1, -0.05) is 24.3 Å². The van der Waals surface area contributed by atoms with Crippen molar-refractivity contribution in [3.05, 3.63) is 87.9 Å². The van der Waals surface area contributed by atoms with E-state index in [9.17, 15) is 9.59 Å². The quantitative estimate of drug-likeness (QED) is 0.430. The van der Waals surface area contributed by atoms with Gasteiger partial charge in [0.05, 0.1) is 23.6 Å². The number of fused-ring (bicyclic) bond motifs is 1. The Bertz CT molecular complexity index is 1400. The summed E-state index contributed by atoms with van der Waals surface area (Å²) in [6, 6.07) is 13.7. The number of nitrogens with one attached hydrogen (secondary N) is 1. The van der Waals surface area contributed by atoms with E-state index in [0.29, 0.717) is 16.8 Å². The van der Waals surface area contributed by atoms with Crippen LogP contribution in [0.25, 0.3) is 26.3 Å². The average molecular weight is 448 g/mol. The van der Waals surface area contributed by atoms with Crippen LogP contribution in [-0.4, -0.2) is 25.2 Å². The molecule has 0 fully saturated rings. The Morgan fingerprint density at radius 1 is 1.10 bits per heavy atom. The van der Waals surface area contributed by atoms with Crippen molar-refractivity contribution in [2.75, 3.05) is 0 Å². The molecule has 9 heteroatoms. The maximum Gasteiger partial charge on any atom is 0.263 e. The number of carbonyl (C=O) groups is 1. The molecule has 7 nitrogen and oxygen atoms in total. The van der Waals surface area contributed by atoms with Crippen LogP contribution in [0.4, 0.5) is 0 Å². The summed E-state index contributed by atoms with van der Waals surface area (Å²) in [6.45, 7) is 0.239. The van der Waals surface area contributed by atoms with Crippen LogP contribution in [-0.2, 0) is 17.9 Å². The van der Waals surface area contributed by atoms with Crippen molar-refractivity contribution in [1.29, 1.82) is 0 Å². The lowest BCUT2D eigenvalue weighted by atomic mass is 10.2. The molecule has 154 valence electrons. The molecule has 0 saturated heterocycles. The van der Waals surface area contributed by atoms with Crippen LogP contribution in [0.5, 0.6) is 0 Å². The standard InChI is InChI=1S/C22H17N5O2S2/c28-19(23-9-15-10-25-27(11-15)16-5-2-1-3-6-16)12-26-14-24-21-20(22(26)29)17(13-31-21)18-7-4-8-30-18/h1-8,10-11,13-14H,9,12H2,(H,23,28). The molecule has 4 aromatic heterocycles. The van der Waals surface area contributed by atoms with Crippen molar-refractivity contribution in [3.63, 3.8) is 0 Å². The highest BCUT2D eigenvalue weighted by molar-refractivity contribution is 7.18. The molecular weight excluding hydrogens is 430 g/mol.